The van der Waals surface area contributed by atoms with Gasteiger partial charge in [-0.15, -0.1) is 0 Å². The summed E-state index contributed by atoms with van der Waals surface area (Å²) in [5.41, 5.74) is 2.68. The van der Waals surface area contributed by atoms with Gasteiger partial charge in [-0.25, -0.2) is 0 Å². The van der Waals surface area contributed by atoms with Gasteiger partial charge >= 0.3 is 0 Å². The van der Waals surface area contributed by atoms with E-state index in [2.05, 4.69) is 25.2 Å². The number of rotatable bonds is 5. The van der Waals surface area contributed by atoms with Crippen LogP contribution in [0.4, 0.5) is 0 Å². The van der Waals surface area contributed by atoms with Gasteiger partial charge in [-0.05, 0) is 48.8 Å². The van der Waals surface area contributed by atoms with Crippen molar-refractivity contribution < 1.29 is 9.84 Å². The average molecular weight is 263 g/mol. The van der Waals surface area contributed by atoms with E-state index in [1.807, 2.05) is 12.1 Å². The van der Waals surface area contributed by atoms with Crippen LogP contribution in [0.1, 0.15) is 37.8 Å². The summed E-state index contributed by atoms with van der Waals surface area (Å²) in [6.45, 7) is 4.26. The van der Waals surface area contributed by atoms with E-state index < -0.39 is 6.23 Å². The molecule has 0 radical (unpaired) electrons. The first-order chi connectivity index (χ1) is 9.10. The van der Waals surface area contributed by atoms with Gasteiger partial charge in [0.25, 0.3) is 0 Å². The third kappa shape index (κ3) is 3.71. The van der Waals surface area contributed by atoms with E-state index in [0.717, 1.165) is 31.4 Å². The molecule has 0 bridgehead atoms. The Morgan fingerprint density at radius 3 is 2.89 bits per heavy atom. The lowest BCUT2D eigenvalue weighted by Crippen LogP contribution is -2.42. The number of nitrogens with one attached hydrogen (secondary N) is 1. The molecule has 0 saturated carbocycles. The number of benzene rings is 1. The maximum absolute atomic E-state index is 9.98. The van der Waals surface area contributed by atoms with Crippen molar-refractivity contribution in [2.24, 2.45) is 5.92 Å². The molecule has 1 aromatic rings. The molecule has 1 aromatic carbocycles. The summed E-state index contributed by atoms with van der Waals surface area (Å²) in [5, 5.41) is 13.3. The van der Waals surface area contributed by atoms with E-state index in [9.17, 15) is 5.11 Å². The second-order valence-electron chi connectivity index (χ2n) is 5.85. The Hall–Kier alpha value is -1.06. The third-order valence-corrected chi connectivity index (χ3v) is 3.78. The highest BCUT2D eigenvalue weighted by Crippen LogP contribution is 2.29. The first-order valence-corrected chi connectivity index (χ1v) is 7.19. The minimum atomic E-state index is -0.392. The summed E-state index contributed by atoms with van der Waals surface area (Å²) in [7, 11) is 1.73. The second-order valence-corrected chi connectivity index (χ2v) is 5.85. The van der Waals surface area contributed by atoms with E-state index >= 15 is 0 Å². The number of aliphatic hydroxyl groups is 1. The zero-order chi connectivity index (χ0) is 13.8. The molecule has 0 aromatic heterocycles. The topological polar surface area (TPSA) is 41.5 Å². The lowest BCUT2D eigenvalue weighted by Gasteiger charge is -2.29. The maximum Gasteiger partial charge on any atom is 0.122 e. The molecule has 0 amide bonds. The number of aliphatic hydroxyl groups excluding tert-OH is 1. The number of methoxy groups -OCH3 is 1. The molecule has 3 heteroatoms. The summed E-state index contributed by atoms with van der Waals surface area (Å²) >= 11 is 0. The van der Waals surface area contributed by atoms with E-state index in [4.69, 9.17) is 4.74 Å². The summed E-state index contributed by atoms with van der Waals surface area (Å²) < 4.78 is 5.41. The van der Waals surface area contributed by atoms with Crippen LogP contribution in [0.15, 0.2) is 18.2 Å². The SMILES string of the molecule is COc1cccc2c1CC[C@@H](N[C@H](O)CC(C)C)C2. The number of hydrogen-bond donors (Lipinski definition) is 2. The van der Waals surface area contributed by atoms with Gasteiger partial charge in [0.2, 0.25) is 0 Å². The van der Waals surface area contributed by atoms with Crippen molar-refractivity contribution in [2.75, 3.05) is 7.11 Å². The average Bonchev–Trinajstić information content (AvgIpc) is 2.36. The van der Waals surface area contributed by atoms with Gasteiger partial charge in [0.15, 0.2) is 0 Å². The van der Waals surface area contributed by atoms with Crippen molar-refractivity contribution >= 4 is 0 Å². The highest BCUT2D eigenvalue weighted by atomic mass is 16.5. The van der Waals surface area contributed by atoms with Crippen molar-refractivity contribution in [2.45, 2.75) is 51.8 Å². The monoisotopic (exact) mass is 263 g/mol. The van der Waals surface area contributed by atoms with Crippen molar-refractivity contribution in [3.05, 3.63) is 29.3 Å². The van der Waals surface area contributed by atoms with Crippen LogP contribution in [0, 0.1) is 5.92 Å². The molecule has 0 aliphatic heterocycles. The van der Waals surface area contributed by atoms with Crippen LogP contribution >= 0.6 is 0 Å². The lowest BCUT2D eigenvalue weighted by atomic mass is 9.87. The van der Waals surface area contributed by atoms with Crippen LogP contribution in [0.5, 0.6) is 5.75 Å². The van der Waals surface area contributed by atoms with Crippen molar-refractivity contribution in [1.82, 2.24) is 5.32 Å². The highest BCUT2D eigenvalue weighted by Gasteiger charge is 2.22. The molecule has 2 atom stereocenters. The molecule has 0 unspecified atom stereocenters. The maximum atomic E-state index is 9.98. The predicted molar refractivity (Wildman–Crippen MR) is 77.4 cm³/mol. The van der Waals surface area contributed by atoms with E-state index in [-0.39, 0.29) is 0 Å². The van der Waals surface area contributed by atoms with Crippen LogP contribution in [0.25, 0.3) is 0 Å². The lowest BCUT2D eigenvalue weighted by molar-refractivity contribution is 0.0970. The minimum Gasteiger partial charge on any atom is -0.496 e. The fourth-order valence-corrected chi connectivity index (χ4v) is 2.89. The Morgan fingerprint density at radius 2 is 2.21 bits per heavy atom. The first kappa shape index (κ1) is 14.4. The number of hydrogen-bond acceptors (Lipinski definition) is 3. The third-order valence-electron chi connectivity index (χ3n) is 3.78. The van der Waals surface area contributed by atoms with Gasteiger partial charge in [-0.3, -0.25) is 5.32 Å². The zero-order valence-electron chi connectivity index (χ0n) is 12.1. The van der Waals surface area contributed by atoms with Crippen molar-refractivity contribution in [3.8, 4) is 5.75 Å². The van der Waals surface area contributed by atoms with Crippen molar-refractivity contribution in [3.63, 3.8) is 0 Å². The molecule has 106 valence electrons. The summed E-state index contributed by atoms with van der Waals surface area (Å²) in [4.78, 5) is 0. The Morgan fingerprint density at radius 1 is 1.42 bits per heavy atom. The molecule has 0 heterocycles. The Kier molecular flexibility index (Phi) is 4.83. The van der Waals surface area contributed by atoms with Crippen LogP contribution in [0.3, 0.4) is 0 Å². The van der Waals surface area contributed by atoms with Gasteiger partial charge in [0.05, 0.1) is 7.11 Å². The molecular formula is C16H25NO2. The van der Waals surface area contributed by atoms with Crippen LogP contribution in [-0.4, -0.2) is 24.5 Å². The summed E-state index contributed by atoms with van der Waals surface area (Å²) in [6.07, 6.45) is 3.47. The standard InChI is InChI=1S/C16H25NO2/c1-11(2)9-16(18)17-13-7-8-14-12(10-13)5-4-6-15(14)19-3/h4-6,11,13,16-18H,7-10H2,1-3H3/t13-,16-/m1/s1. The van der Waals surface area contributed by atoms with E-state index in [0.29, 0.717) is 12.0 Å². The van der Waals surface area contributed by atoms with Crippen molar-refractivity contribution in [1.29, 1.82) is 0 Å². The molecule has 0 saturated heterocycles. The molecular weight excluding hydrogens is 238 g/mol. The van der Waals surface area contributed by atoms with E-state index in [1.54, 1.807) is 7.11 Å². The smallest absolute Gasteiger partial charge is 0.122 e. The second kappa shape index (κ2) is 6.40. The Labute approximate surface area is 116 Å². The Bertz CT molecular complexity index is 417. The Balaban J connectivity index is 1.98. The van der Waals surface area contributed by atoms with Crippen LogP contribution in [0.2, 0.25) is 0 Å². The molecule has 2 N–H and O–H groups in total. The van der Waals surface area contributed by atoms with Gasteiger partial charge in [0.1, 0.15) is 12.0 Å². The molecule has 3 nitrogen and oxygen atoms in total. The molecule has 0 spiro atoms. The fraction of sp³-hybridized carbons (Fsp3) is 0.625. The molecule has 1 aliphatic carbocycles. The molecule has 19 heavy (non-hydrogen) atoms. The normalized spacial score (nSPS) is 20.2. The number of fused-ring (bicyclic) bond motifs is 1. The molecule has 1 aliphatic rings. The van der Waals surface area contributed by atoms with Gasteiger partial charge < -0.3 is 9.84 Å². The zero-order valence-corrected chi connectivity index (χ0v) is 12.1. The molecule has 2 rings (SSSR count). The summed E-state index contributed by atoms with van der Waals surface area (Å²) in [5.74, 6) is 1.51. The fourth-order valence-electron chi connectivity index (χ4n) is 2.89. The quantitative estimate of drug-likeness (QED) is 0.802. The molecule has 0 fully saturated rings. The number of ether oxygens (including phenoxy) is 1. The summed E-state index contributed by atoms with van der Waals surface area (Å²) in [6, 6.07) is 6.61. The van der Waals surface area contributed by atoms with Crippen LogP contribution in [-0.2, 0) is 12.8 Å². The highest BCUT2D eigenvalue weighted by molar-refractivity contribution is 5.42. The largest absolute Gasteiger partial charge is 0.496 e. The minimum absolute atomic E-state index is 0.369. The predicted octanol–water partition coefficient (Wildman–Crippen LogP) is 2.51. The van der Waals surface area contributed by atoms with Crippen LogP contribution < -0.4 is 10.1 Å². The first-order valence-electron chi connectivity index (χ1n) is 7.19. The van der Waals surface area contributed by atoms with Gasteiger partial charge in [-0.2, -0.15) is 0 Å². The van der Waals surface area contributed by atoms with E-state index in [1.165, 1.54) is 11.1 Å². The van der Waals surface area contributed by atoms with Gasteiger partial charge in [-0.1, -0.05) is 26.0 Å². The van der Waals surface area contributed by atoms with Gasteiger partial charge in [0, 0.05) is 6.04 Å².